The first kappa shape index (κ1) is 35.0. The van der Waals surface area contributed by atoms with Crippen LogP contribution in [0.25, 0.3) is 0 Å². The average molecular weight is 758 g/mol. The van der Waals surface area contributed by atoms with Gasteiger partial charge in [0.1, 0.15) is 12.6 Å². The van der Waals surface area contributed by atoms with E-state index in [-0.39, 0.29) is 45.5 Å². The van der Waals surface area contributed by atoms with Gasteiger partial charge in [-0.05, 0) is 66.4 Å². The molecular formula is C36H36BrCl2N3O4S. The molecule has 2 amide bonds. The van der Waals surface area contributed by atoms with Crippen LogP contribution in [0.2, 0.25) is 10.0 Å². The van der Waals surface area contributed by atoms with Gasteiger partial charge in [-0.25, -0.2) is 8.42 Å². The van der Waals surface area contributed by atoms with Crippen LogP contribution in [0.1, 0.15) is 43.2 Å². The van der Waals surface area contributed by atoms with Crippen LogP contribution < -0.4 is 9.62 Å². The number of nitrogens with one attached hydrogen (secondary N) is 1. The molecule has 0 radical (unpaired) electrons. The lowest BCUT2D eigenvalue weighted by molar-refractivity contribution is -0.140. The summed E-state index contributed by atoms with van der Waals surface area (Å²) in [5, 5.41) is 3.61. The third-order valence-corrected chi connectivity index (χ3v) is 11.3. The summed E-state index contributed by atoms with van der Waals surface area (Å²) in [5.74, 6) is -0.809. The highest BCUT2D eigenvalue weighted by molar-refractivity contribution is 9.10. The molecule has 1 N–H and O–H groups in total. The lowest BCUT2D eigenvalue weighted by Crippen LogP contribution is -2.55. The van der Waals surface area contributed by atoms with Crippen LogP contribution >= 0.6 is 39.1 Å². The van der Waals surface area contributed by atoms with E-state index >= 15 is 0 Å². The fraction of sp³-hybridized carbons (Fsp3) is 0.278. The Morgan fingerprint density at radius 3 is 2.09 bits per heavy atom. The van der Waals surface area contributed by atoms with Gasteiger partial charge in [0.05, 0.1) is 20.6 Å². The van der Waals surface area contributed by atoms with Gasteiger partial charge in [0.2, 0.25) is 11.8 Å². The van der Waals surface area contributed by atoms with Gasteiger partial charge in [0.15, 0.2) is 0 Å². The Balaban J connectivity index is 1.56. The molecule has 47 heavy (non-hydrogen) atoms. The molecule has 0 aliphatic heterocycles. The maximum absolute atomic E-state index is 14.6. The lowest BCUT2D eigenvalue weighted by atomic mass is 9.94. The molecule has 4 aromatic rings. The van der Waals surface area contributed by atoms with Gasteiger partial charge in [-0.1, -0.05) is 119 Å². The summed E-state index contributed by atoms with van der Waals surface area (Å²) in [6.07, 6.45) is 5.21. The number of hydrogen-bond acceptors (Lipinski definition) is 4. The number of anilines is 1. The Kier molecular flexibility index (Phi) is 12.0. The van der Waals surface area contributed by atoms with Gasteiger partial charge in [-0.3, -0.25) is 13.9 Å². The normalized spacial score (nSPS) is 14.3. The maximum atomic E-state index is 14.6. The van der Waals surface area contributed by atoms with E-state index in [1.54, 1.807) is 18.2 Å². The van der Waals surface area contributed by atoms with E-state index in [0.29, 0.717) is 0 Å². The zero-order chi connectivity index (χ0) is 33.4. The van der Waals surface area contributed by atoms with Crippen molar-refractivity contribution in [2.75, 3.05) is 10.8 Å². The second-order valence-electron chi connectivity index (χ2n) is 11.6. The Bertz CT molecular complexity index is 1770. The molecular weight excluding hydrogens is 721 g/mol. The van der Waals surface area contributed by atoms with Crippen LogP contribution in [0, 0.1) is 0 Å². The molecule has 0 spiro atoms. The molecule has 1 aliphatic carbocycles. The topological polar surface area (TPSA) is 86.8 Å². The number of carbonyl (C=O) groups is 2. The van der Waals surface area contributed by atoms with E-state index < -0.39 is 28.5 Å². The predicted octanol–water partition coefficient (Wildman–Crippen LogP) is 8.04. The molecule has 1 saturated carbocycles. The van der Waals surface area contributed by atoms with Gasteiger partial charge in [-0.15, -0.1) is 0 Å². The largest absolute Gasteiger partial charge is 0.352 e. The highest BCUT2D eigenvalue weighted by Crippen LogP contribution is 2.31. The van der Waals surface area contributed by atoms with Crippen LogP contribution in [-0.4, -0.2) is 43.8 Å². The Hall–Kier alpha value is -3.37. The molecule has 0 aromatic heterocycles. The molecule has 7 nitrogen and oxygen atoms in total. The van der Waals surface area contributed by atoms with Gasteiger partial charge in [-0.2, -0.15) is 0 Å². The number of carbonyl (C=O) groups excluding carboxylic acids is 2. The number of nitrogens with zero attached hydrogens (tertiary/aromatic N) is 2. The predicted molar refractivity (Wildman–Crippen MR) is 191 cm³/mol. The zero-order valence-electron chi connectivity index (χ0n) is 25.7. The third kappa shape index (κ3) is 9.16. The van der Waals surface area contributed by atoms with E-state index in [2.05, 4.69) is 21.2 Å². The van der Waals surface area contributed by atoms with Crippen molar-refractivity contribution in [1.82, 2.24) is 10.2 Å². The summed E-state index contributed by atoms with van der Waals surface area (Å²) < 4.78 is 30.2. The van der Waals surface area contributed by atoms with Gasteiger partial charge in [0.25, 0.3) is 10.0 Å². The number of rotatable bonds is 12. The second-order valence-corrected chi connectivity index (χ2v) is 15.2. The molecule has 246 valence electrons. The highest BCUT2D eigenvalue weighted by Gasteiger charge is 2.35. The zero-order valence-corrected chi connectivity index (χ0v) is 29.6. The fourth-order valence-corrected chi connectivity index (χ4v) is 7.76. The first-order chi connectivity index (χ1) is 22.6. The van der Waals surface area contributed by atoms with E-state index in [4.69, 9.17) is 23.2 Å². The monoisotopic (exact) mass is 755 g/mol. The quantitative estimate of drug-likeness (QED) is 0.159. The van der Waals surface area contributed by atoms with Gasteiger partial charge >= 0.3 is 0 Å². The minimum Gasteiger partial charge on any atom is -0.352 e. The SMILES string of the molecule is O=C(NC1CCCCC1)[C@H](Cc1ccccc1)N(Cc1ccc(Br)cc1)C(=O)CN(c1ccc(Cl)c(Cl)c1)S(=O)(=O)c1ccccc1. The third-order valence-electron chi connectivity index (χ3n) is 8.29. The van der Waals surface area contributed by atoms with Gasteiger partial charge < -0.3 is 10.2 Å². The molecule has 0 heterocycles. The molecule has 4 aromatic carbocycles. The van der Waals surface area contributed by atoms with E-state index in [1.165, 1.54) is 35.2 Å². The van der Waals surface area contributed by atoms with Crippen molar-refractivity contribution in [3.8, 4) is 0 Å². The van der Waals surface area contributed by atoms with Gasteiger partial charge in [0, 0.05) is 23.5 Å². The van der Waals surface area contributed by atoms with E-state index in [0.717, 1.165) is 52.0 Å². The summed E-state index contributed by atoms with van der Waals surface area (Å²) in [4.78, 5) is 30.3. The summed E-state index contributed by atoms with van der Waals surface area (Å²) in [6.45, 7) is -0.490. The van der Waals surface area contributed by atoms with Crippen molar-refractivity contribution in [3.05, 3.63) is 129 Å². The van der Waals surface area contributed by atoms with Crippen molar-refractivity contribution in [1.29, 1.82) is 0 Å². The minimum atomic E-state index is -4.24. The standard InChI is InChI=1S/C36H36BrCl2N3O4S/c37-28-18-16-27(17-19-28)24-41(34(22-26-10-4-1-5-11-26)36(44)40-29-12-6-2-7-13-29)35(43)25-42(30-20-21-32(38)33(39)23-30)47(45,46)31-14-8-3-9-15-31/h1,3-5,8-11,14-21,23,29,34H,2,6-7,12-13,22,24-25H2,(H,40,44)/t34-/m0/s1. The summed E-state index contributed by atoms with van der Waals surface area (Å²) >= 11 is 16.0. The second kappa shape index (κ2) is 16.2. The first-order valence-electron chi connectivity index (χ1n) is 15.5. The number of halogens is 3. The van der Waals surface area contributed by atoms with Crippen molar-refractivity contribution >= 4 is 66.7 Å². The molecule has 1 aliphatic rings. The average Bonchev–Trinajstić information content (AvgIpc) is 3.08. The maximum Gasteiger partial charge on any atom is 0.264 e. The highest BCUT2D eigenvalue weighted by atomic mass is 79.9. The molecule has 0 saturated heterocycles. The smallest absolute Gasteiger partial charge is 0.264 e. The molecule has 0 unspecified atom stereocenters. The Morgan fingerprint density at radius 1 is 0.809 bits per heavy atom. The van der Waals surface area contributed by atoms with Crippen molar-refractivity contribution in [2.45, 2.75) is 62.0 Å². The Morgan fingerprint density at radius 2 is 1.45 bits per heavy atom. The van der Waals surface area contributed by atoms with Crippen LogP contribution in [0.4, 0.5) is 5.69 Å². The molecule has 0 bridgehead atoms. The number of amides is 2. The first-order valence-corrected chi connectivity index (χ1v) is 18.5. The van der Waals surface area contributed by atoms with Crippen molar-refractivity contribution < 1.29 is 18.0 Å². The molecule has 11 heteroatoms. The number of sulfonamides is 1. The van der Waals surface area contributed by atoms with Crippen LogP contribution in [0.15, 0.2) is 112 Å². The van der Waals surface area contributed by atoms with Crippen LogP contribution in [0.3, 0.4) is 0 Å². The van der Waals surface area contributed by atoms with E-state index in [9.17, 15) is 18.0 Å². The molecule has 1 fully saturated rings. The van der Waals surface area contributed by atoms with Crippen molar-refractivity contribution in [3.63, 3.8) is 0 Å². The van der Waals surface area contributed by atoms with Crippen molar-refractivity contribution in [2.24, 2.45) is 0 Å². The fourth-order valence-electron chi connectivity index (χ4n) is 5.77. The Labute approximate surface area is 295 Å². The van der Waals surface area contributed by atoms with Crippen LogP contribution in [-0.2, 0) is 32.6 Å². The summed E-state index contributed by atoms with van der Waals surface area (Å²) in [7, 11) is -4.24. The number of hydrogen-bond donors (Lipinski definition) is 1. The number of benzene rings is 4. The summed E-state index contributed by atoms with van der Waals surface area (Å²) in [6, 6.07) is 28.4. The van der Waals surface area contributed by atoms with E-state index in [1.807, 2.05) is 54.6 Å². The molecule has 1 atom stereocenters. The van der Waals surface area contributed by atoms with Crippen LogP contribution in [0.5, 0.6) is 0 Å². The lowest BCUT2D eigenvalue weighted by Gasteiger charge is -2.35. The molecule has 5 rings (SSSR count). The summed E-state index contributed by atoms with van der Waals surface area (Å²) in [5.41, 5.74) is 1.84. The minimum absolute atomic E-state index is 0.00853.